The maximum Gasteiger partial charge on any atom is 0.254 e. The molecule has 0 unspecified atom stereocenters. The molecule has 0 N–H and O–H groups in total. The quantitative estimate of drug-likeness (QED) is 0.216. The lowest BCUT2D eigenvalue weighted by atomic mass is 9.93. The highest BCUT2D eigenvalue weighted by Crippen LogP contribution is 2.30. The Morgan fingerprint density at radius 2 is 1.49 bits per heavy atom. The first kappa shape index (κ1) is 31.1. The number of rotatable bonds is 12. The Kier molecular flexibility index (Phi) is 11.7. The minimum Gasteiger partial charge on any atom is -0.341 e. The molecule has 0 aliphatic carbocycles. The SMILES string of the molecule is CCCCN(C(=O)c1ccccc1)C1CCN(CC[C@H](CN(C)C(=O)c2ccccc2)c2ccc(Cl)c(Cl)c2)CC1. The maximum absolute atomic E-state index is 13.4. The molecule has 0 spiro atoms. The molecule has 218 valence electrons. The topological polar surface area (TPSA) is 43.9 Å². The van der Waals surface area contributed by atoms with Gasteiger partial charge < -0.3 is 14.7 Å². The van der Waals surface area contributed by atoms with Crippen molar-refractivity contribution < 1.29 is 9.59 Å². The van der Waals surface area contributed by atoms with E-state index in [4.69, 9.17) is 23.2 Å². The predicted molar refractivity (Wildman–Crippen MR) is 169 cm³/mol. The maximum atomic E-state index is 13.4. The molecule has 1 fully saturated rings. The van der Waals surface area contributed by atoms with Gasteiger partial charge in [-0.25, -0.2) is 0 Å². The van der Waals surface area contributed by atoms with Crippen molar-refractivity contribution in [3.05, 3.63) is 106 Å². The number of amides is 2. The highest BCUT2D eigenvalue weighted by Gasteiger charge is 2.29. The second kappa shape index (κ2) is 15.4. The van der Waals surface area contributed by atoms with Crippen LogP contribution in [0.3, 0.4) is 0 Å². The van der Waals surface area contributed by atoms with Crippen LogP contribution in [0.4, 0.5) is 0 Å². The molecular weight excluding hydrogens is 553 g/mol. The second-order valence-electron chi connectivity index (χ2n) is 11.0. The Morgan fingerprint density at radius 1 is 0.878 bits per heavy atom. The van der Waals surface area contributed by atoms with Gasteiger partial charge in [-0.2, -0.15) is 0 Å². The number of hydrogen-bond acceptors (Lipinski definition) is 3. The largest absolute Gasteiger partial charge is 0.341 e. The highest BCUT2D eigenvalue weighted by molar-refractivity contribution is 6.42. The molecule has 5 nitrogen and oxygen atoms in total. The molecule has 0 aromatic heterocycles. The van der Waals surface area contributed by atoms with E-state index in [1.165, 1.54) is 0 Å². The van der Waals surface area contributed by atoms with Crippen LogP contribution in [0.25, 0.3) is 0 Å². The van der Waals surface area contributed by atoms with E-state index in [0.29, 0.717) is 22.2 Å². The molecule has 1 saturated heterocycles. The van der Waals surface area contributed by atoms with E-state index in [1.807, 2.05) is 85.9 Å². The van der Waals surface area contributed by atoms with E-state index in [9.17, 15) is 9.59 Å². The molecule has 7 heteroatoms. The summed E-state index contributed by atoms with van der Waals surface area (Å²) in [6, 6.07) is 25.1. The van der Waals surface area contributed by atoms with Gasteiger partial charge in [0.15, 0.2) is 0 Å². The summed E-state index contributed by atoms with van der Waals surface area (Å²) in [5, 5.41) is 1.06. The monoisotopic (exact) mass is 593 g/mol. The summed E-state index contributed by atoms with van der Waals surface area (Å²) in [6.45, 7) is 6.36. The van der Waals surface area contributed by atoms with E-state index < -0.39 is 0 Å². The summed E-state index contributed by atoms with van der Waals surface area (Å²) in [6.07, 6.45) is 4.89. The van der Waals surface area contributed by atoms with E-state index in [1.54, 1.807) is 4.90 Å². The smallest absolute Gasteiger partial charge is 0.254 e. The second-order valence-corrected chi connectivity index (χ2v) is 11.8. The van der Waals surface area contributed by atoms with Crippen molar-refractivity contribution in [2.75, 3.05) is 39.8 Å². The van der Waals surface area contributed by atoms with E-state index in [-0.39, 0.29) is 23.8 Å². The van der Waals surface area contributed by atoms with Crippen LogP contribution in [0.5, 0.6) is 0 Å². The van der Waals surface area contributed by atoms with Crippen molar-refractivity contribution in [2.45, 2.75) is 51.0 Å². The van der Waals surface area contributed by atoms with E-state index in [2.05, 4.69) is 16.7 Å². The Balaban J connectivity index is 1.39. The highest BCUT2D eigenvalue weighted by atomic mass is 35.5. The van der Waals surface area contributed by atoms with Crippen LogP contribution < -0.4 is 0 Å². The zero-order valence-electron chi connectivity index (χ0n) is 24.1. The van der Waals surface area contributed by atoms with Gasteiger partial charge in [0.25, 0.3) is 11.8 Å². The summed E-state index contributed by atoms with van der Waals surface area (Å²) in [5.41, 5.74) is 2.54. The van der Waals surface area contributed by atoms with Crippen LogP contribution in [0.15, 0.2) is 78.9 Å². The molecule has 1 heterocycles. The van der Waals surface area contributed by atoms with Gasteiger partial charge in [-0.05, 0) is 74.2 Å². The van der Waals surface area contributed by atoms with Gasteiger partial charge in [-0.15, -0.1) is 0 Å². The molecule has 0 bridgehead atoms. The first-order valence-corrected chi connectivity index (χ1v) is 15.5. The van der Waals surface area contributed by atoms with Crippen LogP contribution in [-0.2, 0) is 0 Å². The van der Waals surface area contributed by atoms with Gasteiger partial charge in [-0.1, -0.05) is 79.0 Å². The van der Waals surface area contributed by atoms with Gasteiger partial charge >= 0.3 is 0 Å². The number of benzene rings is 3. The van der Waals surface area contributed by atoms with Crippen LogP contribution in [0.1, 0.15) is 71.2 Å². The van der Waals surface area contributed by atoms with Crippen molar-refractivity contribution in [1.82, 2.24) is 14.7 Å². The third-order valence-electron chi connectivity index (χ3n) is 8.10. The zero-order valence-corrected chi connectivity index (χ0v) is 25.7. The fourth-order valence-corrected chi connectivity index (χ4v) is 5.97. The molecule has 41 heavy (non-hydrogen) atoms. The molecule has 0 radical (unpaired) electrons. The lowest BCUT2D eigenvalue weighted by Gasteiger charge is -2.39. The molecule has 2 amide bonds. The van der Waals surface area contributed by atoms with Gasteiger partial charge in [0.1, 0.15) is 0 Å². The molecule has 3 aromatic rings. The number of hydrogen-bond donors (Lipinski definition) is 0. The summed E-state index contributed by atoms with van der Waals surface area (Å²) in [7, 11) is 1.86. The predicted octanol–water partition coefficient (Wildman–Crippen LogP) is 7.65. The van der Waals surface area contributed by atoms with Crippen molar-refractivity contribution >= 4 is 35.0 Å². The molecule has 4 rings (SSSR count). The van der Waals surface area contributed by atoms with Gasteiger partial charge in [0.05, 0.1) is 10.0 Å². The summed E-state index contributed by atoms with van der Waals surface area (Å²) in [5.74, 6) is 0.260. The number of likely N-dealkylation sites (tertiary alicyclic amines) is 1. The summed E-state index contributed by atoms with van der Waals surface area (Å²) >= 11 is 12.6. The minimum atomic E-state index is 0.00623. The molecular formula is C34H41Cl2N3O2. The van der Waals surface area contributed by atoms with Gasteiger partial charge in [0.2, 0.25) is 0 Å². The fourth-order valence-electron chi connectivity index (χ4n) is 5.66. The molecule has 1 atom stereocenters. The zero-order chi connectivity index (χ0) is 29.2. The Bertz CT molecular complexity index is 1260. The van der Waals surface area contributed by atoms with E-state index in [0.717, 1.165) is 69.4 Å². The van der Waals surface area contributed by atoms with Gasteiger partial charge in [0, 0.05) is 56.3 Å². The third-order valence-corrected chi connectivity index (χ3v) is 8.84. The van der Waals surface area contributed by atoms with Gasteiger partial charge in [-0.3, -0.25) is 9.59 Å². The van der Waals surface area contributed by atoms with Crippen LogP contribution in [0, 0.1) is 0 Å². The molecule has 1 aliphatic rings. The van der Waals surface area contributed by atoms with Crippen LogP contribution in [0.2, 0.25) is 10.0 Å². The number of piperidine rings is 1. The molecule has 3 aromatic carbocycles. The Hall–Kier alpha value is -2.86. The van der Waals surface area contributed by atoms with Crippen molar-refractivity contribution in [3.8, 4) is 0 Å². The number of carbonyl (C=O) groups is 2. The lowest BCUT2D eigenvalue weighted by Crippen LogP contribution is -2.48. The van der Waals surface area contributed by atoms with E-state index >= 15 is 0 Å². The minimum absolute atomic E-state index is 0.00623. The lowest BCUT2D eigenvalue weighted by molar-refractivity contribution is 0.0563. The number of likely N-dealkylation sites (N-methyl/N-ethyl adjacent to an activating group) is 1. The Labute approximate surface area is 255 Å². The number of carbonyl (C=O) groups excluding carboxylic acids is 2. The number of unbranched alkanes of at least 4 members (excludes halogenated alkanes) is 1. The number of halogens is 2. The first-order valence-electron chi connectivity index (χ1n) is 14.7. The standard InChI is InChI=1S/C34H41Cl2N3O2/c1-3-4-20-39(34(41)27-13-9-6-10-14-27)30-18-22-38(23-19-30)21-17-29(28-15-16-31(35)32(36)24-28)25-37(2)33(40)26-11-7-5-8-12-26/h5-16,24,29-30H,3-4,17-23,25H2,1-2H3/t29-/m1/s1. The van der Waals surface area contributed by atoms with Crippen molar-refractivity contribution in [3.63, 3.8) is 0 Å². The average Bonchev–Trinajstić information content (AvgIpc) is 3.01. The molecule has 1 aliphatic heterocycles. The average molecular weight is 595 g/mol. The fraction of sp³-hybridized carbons (Fsp3) is 0.412. The molecule has 0 saturated carbocycles. The Morgan fingerprint density at radius 3 is 2.07 bits per heavy atom. The normalized spacial score (nSPS) is 14.9. The number of nitrogens with zero attached hydrogens (tertiary/aromatic N) is 3. The third kappa shape index (κ3) is 8.57. The van der Waals surface area contributed by atoms with Crippen molar-refractivity contribution in [1.29, 1.82) is 0 Å². The van der Waals surface area contributed by atoms with Crippen molar-refractivity contribution in [2.24, 2.45) is 0 Å². The van der Waals surface area contributed by atoms with Crippen LogP contribution in [-0.4, -0.2) is 72.3 Å². The van der Waals surface area contributed by atoms with Crippen LogP contribution >= 0.6 is 23.2 Å². The first-order chi connectivity index (χ1) is 19.9. The summed E-state index contributed by atoms with van der Waals surface area (Å²) in [4.78, 5) is 32.9. The summed E-state index contributed by atoms with van der Waals surface area (Å²) < 4.78 is 0.